The van der Waals surface area contributed by atoms with Crippen molar-refractivity contribution in [1.82, 2.24) is 0 Å². The van der Waals surface area contributed by atoms with Crippen molar-refractivity contribution in [3.63, 3.8) is 0 Å². The number of benzene rings is 1. The molecule has 0 amide bonds. The van der Waals surface area contributed by atoms with Gasteiger partial charge in [-0.25, -0.2) is 4.39 Å². The standard InChI is InChI=1S/C12H11ClFNO2/c13-9-6-8(3-4-10(9)14)17-12(7-15)11-2-1-5-16-11/h1-6,12H,7,15H2. The van der Waals surface area contributed by atoms with Crippen molar-refractivity contribution in [3.8, 4) is 5.75 Å². The minimum atomic E-state index is -0.485. The van der Waals surface area contributed by atoms with Gasteiger partial charge in [0.15, 0.2) is 6.10 Å². The maximum absolute atomic E-state index is 13.0. The Bertz CT molecular complexity index is 487. The first kappa shape index (κ1) is 12.0. The van der Waals surface area contributed by atoms with E-state index in [1.165, 1.54) is 18.2 Å². The van der Waals surface area contributed by atoms with E-state index in [4.69, 9.17) is 26.5 Å². The van der Waals surface area contributed by atoms with Crippen LogP contribution in [0.3, 0.4) is 0 Å². The summed E-state index contributed by atoms with van der Waals surface area (Å²) in [5.74, 6) is 0.581. The third kappa shape index (κ3) is 2.78. The molecule has 3 nitrogen and oxygen atoms in total. The van der Waals surface area contributed by atoms with Gasteiger partial charge in [-0.05, 0) is 24.3 Å². The van der Waals surface area contributed by atoms with E-state index in [2.05, 4.69) is 0 Å². The van der Waals surface area contributed by atoms with Crippen LogP contribution in [0.5, 0.6) is 5.75 Å². The highest BCUT2D eigenvalue weighted by Gasteiger charge is 2.14. The number of nitrogens with two attached hydrogens (primary N) is 1. The molecule has 2 rings (SSSR count). The van der Waals surface area contributed by atoms with Crippen LogP contribution in [0.4, 0.5) is 4.39 Å². The van der Waals surface area contributed by atoms with Gasteiger partial charge in [0.2, 0.25) is 0 Å². The van der Waals surface area contributed by atoms with E-state index in [9.17, 15) is 4.39 Å². The third-order valence-electron chi connectivity index (χ3n) is 2.24. The topological polar surface area (TPSA) is 48.4 Å². The zero-order valence-corrected chi connectivity index (χ0v) is 9.65. The lowest BCUT2D eigenvalue weighted by Crippen LogP contribution is -2.17. The molecule has 5 heteroatoms. The summed E-state index contributed by atoms with van der Waals surface area (Å²) in [6.45, 7) is 0.252. The van der Waals surface area contributed by atoms with Crippen molar-refractivity contribution >= 4 is 11.6 Å². The second kappa shape index (κ2) is 5.21. The van der Waals surface area contributed by atoms with Gasteiger partial charge in [0.05, 0.1) is 11.3 Å². The van der Waals surface area contributed by atoms with Gasteiger partial charge in [-0.15, -0.1) is 0 Å². The minimum Gasteiger partial charge on any atom is -0.481 e. The number of halogens is 2. The minimum absolute atomic E-state index is 0.0118. The maximum Gasteiger partial charge on any atom is 0.168 e. The summed E-state index contributed by atoms with van der Waals surface area (Å²) in [7, 11) is 0. The molecule has 0 saturated heterocycles. The Morgan fingerprint density at radius 3 is 2.82 bits per heavy atom. The van der Waals surface area contributed by atoms with Gasteiger partial charge >= 0.3 is 0 Å². The average molecular weight is 256 g/mol. The van der Waals surface area contributed by atoms with Crippen molar-refractivity contribution in [1.29, 1.82) is 0 Å². The molecule has 2 aromatic rings. The Labute approximate surface area is 103 Å². The molecule has 1 unspecified atom stereocenters. The number of rotatable bonds is 4. The Morgan fingerprint density at radius 1 is 1.41 bits per heavy atom. The van der Waals surface area contributed by atoms with Crippen molar-refractivity contribution in [3.05, 3.63) is 53.2 Å². The van der Waals surface area contributed by atoms with Gasteiger partial charge in [0.25, 0.3) is 0 Å². The van der Waals surface area contributed by atoms with E-state index in [0.717, 1.165) is 0 Å². The fourth-order valence-corrected chi connectivity index (χ4v) is 1.58. The Balaban J connectivity index is 2.16. The number of furan rings is 1. The van der Waals surface area contributed by atoms with E-state index >= 15 is 0 Å². The monoisotopic (exact) mass is 255 g/mol. The molecule has 0 fully saturated rings. The second-order valence-corrected chi connectivity index (χ2v) is 3.84. The van der Waals surface area contributed by atoms with E-state index in [-0.39, 0.29) is 11.6 Å². The van der Waals surface area contributed by atoms with Gasteiger partial charge in [0, 0.05) is 12.6 Å². The lowest BCUT2D eigenvalue weighted by Gasteiger charge is -2.15. The first-order valence-corrected chi connectivity index (χ1v) is 5.43. The first-order chi connectivity index (χ1) is 8.20. The lowest BCUT2D eigenvalue weighted by molar-refractivity contribution is 0.184. The van der Waals surface area contributed by atoms with Crippen LogP contribution in [0.25, 0.3) is 0 Å². The van der Waals surface area contributed by atoms with E-state index in [1.54, 1.807) is 18.4 Å². The summed E-state index contributed by atoms with van der Waals surface area (Å²) in [6.07, 6.45) is 1.13. The predicted molar refractivity (Wildman–Crippen MR) is 62.5 cm³/mol. The fraction of sp³-hybridized carbons (Fsp3) is 0.167. The van der Waals surface area contributed by atoms with Crippen LogP contribution in [0.2, 0.25) is 5.02 Å². The van der Waals surface area contributed by atoms with Crippen molar-refractivity contribution < 1.29 is 13.5 Å². The summed E-state index contributed by atoms with van der Waals surface area (Å²) in [6, 6.07) is 7.66. The molecule has 1 aromatic heterocycles. The van der Waals surface area contributed by atoms with Crippen LogP contribution in [-0.2, 0) is 0 Å². The van der Waals surface area contributed by atoms with Crippen LogP contribution in [0, 0.1) is 5.82 Å². The van der Waals surface area contributed by atoms with Gasteiger partial charge < -0.3 is 14.9 Å². The average Bonchev–Trinajstić information content (AvgIpc) is 2.84. The SMILES string of the molecule is NCC(Oc1ccc(F)c(Cl)c1)c1ccco1. The molecule has 1 atom stereocenters. The van der Waals surface area contributed by atoms with E-state index in [1.807, 2.05) is 0 Å². The third-order valence-corrected chi connectivity index (χ3v) is 2.53. The molecule has 0 aliphatic heterocycles. The van der Waals surface area contributed by atoms with Crippen molar-refractivity contribution in [2.45, 2.75) is 6.10 Å². The van der Waals surface area contributed by atoms with E-state index in [0.29, 0.717) is 11.5 Å². The van der Waals surface area contributed by atoms with Crippen molar-refractivity contribution in [2.24, 2.45) is 5.73 Å². The molecule has 90 valence electrons. The first-order valence-electron chi connectivity index (χ1n) is 5.06. The van der Waals surface area contributed by atoms with Crippen LogP contribution in [-0.4, -0.2) is 6.54 Å². The second-order valence-electron chi connectivity index (χ2n) is 3.43. The van der Waals surface area contributed by atoms with Crippen LogP contribution >= 0.6 is 11.6 Å². The van der Waals surface area contributed by atoms with Gasteiger partial charge in [-0.2, -0.15) is 0 Å². The molecule has 1 aromatic carbocycles. The molecule has 1 heterocycles. The number of hydrogen-bond acceptors (Lipinski definition) is 3. The molecule has 0 aliphatic carbocycles. The smallest absolute Gasteiger partial charge is 0.168 e. The van der Waals surface area contributed by atoms with Gasteiger partial charge in [-0.3, -0.25) is 0 Å². The predicted octanol–water partition coefficient (Wildman–Crippen LogP) is 3.15. The molecule has 0 aliphatic rings. The summed E-state index contributed by atoms with van der Waals surface area (Å²) in [4.78, 5) is 0. The molecule has 0 spiro atoms. The molecular weight excluding hydrogens is 245 g/mol. The Hall–Kier alpha value is -1.52. The Morgan fingerprint density at radius 2 is 2.24 bits per heavy atom. The highest BCUT2D eigenvalue weighted by atomic mass is 35.5. The lowest BCUT2D eigenvalue weighted by atomic mass is 10.2. The fourth-order valence-electron chi connectivity index (χ4n) is 1.41. The molecule has 0 radical (unpaired) electrons. The molecule has 17 heavy (non-hydrogen) atoms. The van der Waals surface area contributed by atoms with Crippen molar-refractivity contribution in [2.75, 3.05) is 6.54 Å². The highest BCUT2D eigenvalue weighted by Crippen LogP contribution is 2.25. The Kier molecular flexibility index (Phi) is 3.66. The number of ether oxygens (including phenoxy) is 1. The summed E-state index contributed by atoms with van der Waals surface area (Å²) in [5.41, 5.74) is 5.59. The normalized spacial score (nSPS) is 12.4. The van der Waals surface area contributed by atoms with E-state index < -0.39 is 11.9 Å². The van der Waals surface area contributed by atoms with Crippen LogP contribution in [0.15, 0.2) is 41.0 Å². The van der Waals surface area contributed by atoms with Crippen LogP contribution in [0.1, 0.15) is 11.9 Å². The summed E-state index contributed by atoms with van der Waals surface area (Å²) < 4.78 is 23.7. The zero-order valence-electron chi connectivity index (χ0n) is 8.90. The molecule has 0 bridgehead atoms. The molecule has 0 saturated carbocycles. The molecule has 2 N–H and O–H groups in total. The highest BCUT2D eigenvalue weighted by molar-refractivity contribution is 6.30. The maximum atomic E-state index is 13.0. The number of hydrogen-bond donors (Lipinski definition) is 1. The summed E-state index contributed by atoms with van der Waals surface area (Å²) in [5, 5.41) is 0.0118. The zero-order chi connectivity index (χ0) is 12.3. The van der Waals surface area contributed by atoms with Crippen LogP contribution < -0.4 is 10.5 Å². The van der Waals surface area contributed by atoms with Gasteiger partial charge in [0.1, 0.15) is 17.3 Å². The molecular formula is C12H11ClFNO2. The largest absolute Gasteiger partial charge is 0.481 e. The summed E-state index contributed by atoms with van der Waals surface area (Å²) >= 11 is 5.66. The van der Waals surface area contributed by atoms with Gasteiger partial charge in [-0.1, -0.05) is 11.6 Å². The quantitative estimate of drug-likeness (QED) is 0.913.